The third kappa shape index (κ3) is 4.84. The van der Waals surface area contributed by atoms with E-state index in [0.29, 0.717) is 13.0 Å². The largest absolute Gasteiger partial charge is 0.379 e. The van der Waals surface area contributed by atoms with E-state index in [1.807, 2.05) is 12.1 Å². The van der Waals surface area contributed by atoms with E-state index in [1.54, 1.807) is 0 Å². The molecule has 4 heteroatoms. The molecule has 0 aliphatic carbocycles. The number of benzene rings is 3. The predicted molar refractivity (Wildman–Crippen MR) is 117 cm³/mol. The van der Waals surface area contributed by atoms with Crippen molar-refractivity contribution in [3.05, 3.63) is 83.4 Å². The van der Waals surface area contributed by atoms with Gasteiger partial charge < -0.3 is 10.1 Å². The highest BCUT2D eigenvalue weighted by atomic mass is 16.5. The smallest absolute Gasteiger partial charge is 0.224 e. The molecule has 3 aromatic carbocycles. The maximum Gasteiger partial charge on any atom is 0.224 e. The fourth-order valence-electron chi connectivity index (χ4n) is 4.15. The van der Waals surface area contributed by atoms with E-state index in [-0.39, 0.29) is 11.9 Å². The minimum absolute atomic E-state index is 0.0640. The average molecular weight is 389 g/mol. The lowest BCUT2D eigenvalue weighted by atomic mass is 9.97. The summed E-state index contributed by atoms with van der Waals surface area (Å²) in [7, 11) is 0. The van der Waals surface area contributed by atoms with Gasteiger partial charge in [-0.25, -0.2) is 0 Å². The standard InChI is InChI=1S/C25H28N2O2/c1-19-6-4-7-20(16-19)17-25(28)26-18-24(27-12-14-29-15-13-27)23-11-5-9-21-8-2-3-10-22(21)23/h2-11,16,24H,12-15,17-18H2,1H3,(H,26,28). The number of ether oxygens (including phenoxy) is 1. The van der Waals surface area contributed by atoms with Gasteiger partial charge in [-0.05, 0) is 28.8 Å². The normalized spacial score (nSPS) is 15.9. The Bertz CT molecular complexity index is 974. The highest BCUT2D eigenvalue weighted by Gasteiger charge is 2.24. The molecule has 0 bridgehead atoms. The zero-order chi connectivity index (χ0) is 20.1. The Morgan fingerprint density at radius 3 is 2.62 bits per heavy atom. The van der Waals surface area contributed by atoms with Gasteiger partial charge in [-0.15, -0.1) is 0 Å². The van der Waals surface area contributed by atoms with Gasteiger partial charge in [0, 0.05) is 19.6 Å². The van der Waals surface area contributed by atoms with Crippen molar-refractivity contribution in [2.24, 2.45) is 0 Å². The summed E-state index contributed by atoms with van der Waals surface area (Å²) >= 11 is 0. The topological polar surface area (TPSA) is 41.6 Å². The van der Waals surface area contributed by atoms with E-state index in [9.17, 15) is 4.79 Å². The van der Waals surface area contributed by atoms with Gasteiger partial charge in [0.2, 0.25) is 5.91 Å². The van der Waals surface area contributed by atoms with Crippen LogP contribution < -0.4 is 5.32 Å². The van der Waals surface area contributed by atoms with Crippen molar-refractivity contribution < 1.29 is 9.53 Å². The van der Waals surface area contributed by atoms with Gasteiger partial charge in [0.1, 0.15) is 0 Å². The molecule has 0 radical (unpaired) electrons. The molecule has 4 rings (SSSR count). The summed E-state index contributed by atoms with van der Waals surface area (Å²) in [5, 5.41) is 5.67. The van der Waals surface area contributed by atoms with E-state index < -0.39 is 0 Å². The number of carbonyl (C=O) groups excluding carboxylic acids is 1. The highest BCUT2D eigenvalue weighted by molar-refractivity contribution is 5.86. The van der Waals surface area contributed by atoms with E-state index in [1.165, 1.54) is 21.9 Å². The number of rotatable bonds is 6. The molecule has 1 aliphatic heterocycles. The fourth-order valence-corrected chi connectivity index (χ4v) is 4.15. The molecular weight excluding hydrogens is 360 g/mol. The second-order valence-electron chi connectivity index (χ2n) is 7.70. The number of hydrogen-bond acceptors (Lipinski definition) is 3. The second-order valence-corrected chi connectivity index (χ2v) is 7.70. The van der Waals surface area contributed by atoms with Crippen LogP contribution in [-0.2, 0) is 16.0 Å². The number of nitrogens with one attached hydrogen (secondary N) is 1. The van der Waals surface area contributed by atoms with Gasteiger partial charge in [-0.2, -0.15) is 0 Å². The Labute approximate surface area is 172 Å². The molecular formula is C25H28N2O2. The van der Waals surface area contributed by atoms with E-state index in [0.717, 1.165) is 31.9 Å². The van der Waals surface area contributed by atoms with Crippen molar-refractivity contribution in [2.45, 2.75) is 19.4 Å². The van der Waals surface area contributed by atoms with E-state index in [2.05, 4.69) is 71.7 Å². The van der Waals surface area contributed by atoms with Crippen molar-refractivity contribution in [3.63, 3.8) is 0 Å². The second kappa shape index (κ2) is 9.21. The fraction of sp³-hybridized carbons (Fsp3) is 0.320. The van der Waals surface area contributed by atoms with Gasteiger partial charge in [-0.3, -0.25) is 9.69 Å². The van der Waals surface area contributed by atoms with Gasteiger partial charge in [0.05, 0.1) is 25.7 Å². The molecule has 1 heterocycles. The number of aryl methyl sites for hydroxylation is 1. The Morgan fingerprint density at radius 2 is 1.79 bits per heavy atom. The summed E-state index contributed by atoms with van der Waals surface area (Å²) in [5.41, 5.74) is 3.49. The maximum atomic E-state index is 12.7. The van der Waals surface area contributed by atoms with E-state index in [4.69, 9.17) is 4.74 Å². The molecule has 0 saturated carbocycles. The van der Waals surface area contributed by atoms with Crippen LogP contribution in [0.3, 0.4) is 0 Å². The lowest BCUT2D eigenvalue weighted by Gasteiger charge is -2.35. The summed E-state index contributed by atoms with van der Waals surface area (Å²) in [6, 6.07) is 23.2. The molecule has 1 N–H and O–H groups in total. The molecule has 1 saturated heterocycles. The van der Waals surface area contributed by atoms with Crippen LogP contribution in [0.15, 0.2) is 66.7 Å². The predicted octanol–water partition coefficient (Wildman–Crippen LogP) is 3.88. The Morgan fingerprint density at radius 1 is 1.03 bits per heavy atom. The molecule has 0 aromatic heterocycles. The number of fused-ring (bicyclic) bond motifs is 1. The quantitative estimate of drug-likeness (QED) is 0.697. The third-order valence-corrected chi connectivity index (χ3v) is 5.61. The molecule has 1 fully saturated rings. The summed E-state index contributed by atoms with van der Waals surface area (Å²) in [5.74, 6) is 0.0640. The first-order valence-electron chi connectivity index (χ1n) is 10.3. The first-order valence-corrected chi connectivity index (χ1v) is 10.3. The SMILES string of the molecule is Cc1cccc(CC(=O)NCC(c2cccc3ccccc23)N2CCOCC2)c1. The highest BCUT2D eigenvalue weighted by Crippen LogP contribution is 2.28. The number of morpholine rings is 1. The first-order chi connectivity index (χ1) is 14.2. The van der Waals surface area contributed by atoms with Crippen LogP contribution in [0.2, 0.25) is 0 Å². The molecule has 1 amide bonds. The number of carbonyl (C=O) groups is 1. The molecule has 4 nitrogen and oxygen atoms in total. The monoisotopic (exact) mass is 388 g/mol. The van der Waals surface area contributed by atoms with Gasteiger partial charge >= 0.3 is 0 Å². The maximum absolute atomic E-state index is 12.7. The Hall–Kier alpha value is -2.69. The van der Waals surface area contributed by atoms with Crippen molar-refractivity contribution in [3.8, 4) is 0 Å². The van der Waals surface area contributed by atoms with E-state index >= 15 is 0 Å². The minimum Gasteiger partial charge on any atom is -0.379 e. The number of nitrogens with zero attached hydrogens (tertiary/aromatic N) is 1. The van der Waals surface area contributed by atoms with Crippen LogP contribution >= 0.6 is 0 Å². The molecule has 0 spiro atoms. The van der Waals surface area contributed by atoms with Crippen molar-refractivity contribution in [1.29, 1.82) is 0 Å². The Kier molecular flexibility index (Phi) is 6.23. The van der Waals surface area contributed by atoms with Gasteiger partial charge in [-0.1, -0.05) is 72.3 Å². The number of amides is 1. The molecule has 29 heavy (non-hydrogen) atoms. The zero-order valence-corrected chi connectivity index (χ0v) is 16.9. The van der Waals surface area contributed by atoms with Crippen LogP contribution in [0, 0.1) is 6.92 Å². The average Bonchev–Trinajstić information content (AvgIpc) is 2.75. The molecule has 3 aromatic rings. The molecule has 1 atom stereocenters. The first kappa shape index (κ1) is 19.6. The molecule has 1 unspecified atom stereocenters. The lowest BCUT2D eigenvalue weighted by Crippen LogP contribution is -2.44. The summed E-state index contributed by atoms with van der Waals surface area (Å²) in [6.07, 6.45) is 0.410. The van der Waals surface area contributed by atoms with Crippen LogP contribution in [0.1, 0.15) is 22.7 Å². The van der Waals surface area contributed by atoms with Gasteiger partial charge in [0.15, 0.2) is 0 Å². The van der Waals surface area contributed by atoms with Crippen molar-refractivity contribution in [2.75, 3.05) is 32.8 Å². The lowest BCUT2D eigenvalue weighted by molar-refractivity contribution is -0.120. The Balaban J connectivity index is 1.54. The minimum atomic E-state index is 0.0640. The number of hydrogen-bond donors (Lipinski definition) is 1. The van der Waals surface area contributed by atoms with Crippen LogP contribution in [-0.4, -0.2) is 43.7 Å². The molecule has 1 aliphatic rings. The zero-order valence-electron chi connectivity index (χ0n) is 16.9. The van der Waals surface area contributed by atoms with Crippen molar-refractivity contribution in [1.82, 2.24) is 10.2 Å². The third-order valence-electron chi connectivity index (χ3n) is 5.61. The van der Waals surface area contributed by atoms with Crippen LogP contribution in [0.5, 0.6) is 0 Å². The molecule has 150 valence electrons. The van der Waals surface area contributed by atoms with Crippen molar-refractivity contribution >= 4 is 16.7 Å². The van der Waals surface area contributed by atoms with Crippen LogP contribution in [0.4, 0.5) is 0 Å². The summed E-state index contributed by atoms with van der Waals surface area (Å²) in [4.78, 5) is 15.1. The summed E-state index contributed by atoms with van der Waals surface area (Å²) in [6.45, 7) is 5.87. The van der Waals surface area contributed by atoms with Crippen LogP contribution in [0.25, 0.3) is 10.8 Å². The van der Waals surface area contributed by atoms with Gasteiger partial charge in [0.25, 0.3) is 0 Å². The summed E-state index contributed by atoms with van der Waals surface area (Å²) < 4.78 is 5.56.